The Morgan fingerprint density at radius 2 is 1.57 bits per heavy atom. The van der Waals surface area contributed by atoms with E-state index in [4.69, 9.17) is 14.6 Å². The molecule has 13 atom stereocenters. The van der Waals surface area contributed by atoms with Crippen LogP contribution in [-0.2, 0) is 38.2 Å². The number of fused-ring (bicyclic) bond motifs is 2. The molecule has 312 valence electrons. The Hall–Kier alpha value is -3.04. The third-order valence-corrected chi connectivity index (χ3v) is 16.6. The van der Waals surface area contributed by atoms with Gasteiger partial charge in [0.15, 0.2) is 0 Å². The monoisotopic (exact) mass is 780 g/mol. The van der Waals surface area contributed by atoms with Crippen molar-refractivity contribution in [2.24, 2.45) is 81.3 Å². The molecule has 7 rings (SSSR count). The molecule has 0 radical (unpaired) electrons. The highest BCUT2D eigenvalue weighted by molar-refractivity contribution is 5.98. The van der Waals surface area contributed by atoms with Gasteiger partial charge in [-0.2, -0.15) is 0 Å². The van der Waals surface area contributed by atoms with Gasteiger partial charge in [0, 0.05) is 6.42 Å². The first-order valence-electron chi connectivity index (χ1n) is 22.2. The summed E-state index contributed by atoms with van der Waals surface area (Å²) >= 11 is 0. The summed E-state index contributed by atoms with van der Waals surface area (Å²) in [6.07, 6.45) is 18.9. The topological polar surface area (TPSA) is 161 Å². The third kappa shape index (κ3) is 7.53. The number of carbonyl (C=O) groups is 6. The largest absolute Gasteiger partial charge is 0.481 e. The number of esters is 4. The van der Waals surface area contributed by atoms with Gasteiger partial charge in [0.1, 0.15) is 0 Å². The van der Waals surface area contributed by atoms with Gasteiger partial charge in [-0.15, -0.1) is 0 Å². The minimum Gasteiger partial charge on any atom is -0.481 e. The van der Waals surface area contributed by atoms with Gasteiger partial charge in [0.2, 0.25) is 0 Å². The zero-order valence-electron chi connectivity index (χ0n) is 34.6. The molecule has 12 unspecified atom stereocenters. The Balaban J connectivity index is 1.39. The van der Waals surface area contributed by atoms with Gasteiger partial charge in [-0.1, -0.05) is 91.2 Å². The fourth-order valence-corrected chi connectivity index (χ4v) is 14.5. The smallest absolute Gasteiger partial charge is 0.318 e. The zero-order valence-corrected chi connectivity index (χ0v) is 34.6. The number of carboxylic acid groups (broad SMARTS) is 2. The highest BCUT2D eigenvalue weighted by atomic mass is 16.6. The van der Waals surface area contributed by atoms with Crippen LogP contribution in [0.4, 0.5) is 0 Å². The summed E-state index contributed by atoms with van der Waals surface area (Å²) in [4.78, 5) is 77.4. The second-order valence-electron chi connectivity index (χ2n) is 19.7. The fraction of sp³-hybridized carbons (Fsp3) is 0.826. The molecule has 56 heavy (non-hydrogen) atoms. The van der Waals surface area contributed by atoms with Gasteiger partial charge in [-0.3, -0.25) is 28.8 Å². The van der Waals surface area contributed by atoms with Crippen molar-refractivity contribution >= 4 is 35.8 Å². The lowest BCUT2D eigenvalue weighted by Crippen LogP contribution is -2.71. The van der Waals surface area contributed by atoms with Crippen molar-refractivity contribution in [2.45, 2.75) is 157 Å². The summed E-state index contributed by atoms with van der Waals surface area (Å²) in [5, 5.41) is 19.8. The maximum atomic E-state index is 14.2. The van der Waals surface area contributed by atoms with Crippen LogP contribution >= 0.6 is 0 Å². The first-order chi connectivity index (χ1) is 26.6. The minimum atomic E-state index is -0.848. The predicted molar refractivity (Wildman–Crippen MR) is 208 cm³/mol. The van der Waals surface area contributed by atoms with E-state index in [2.05, 4.69) is 39.8 Å². The number of allylic oxidation sites excluding steroid dienone is 2. The molecule has 0 aromatic rings. The lowest BCUT2D eigenvalue weighted by molar-refractivity contribution is -0.271. The van der Waals surface area contributed by atoms with Crippen LogP contribution in [0.3, 0.4) is 0 Å². The molecule has 10 nitrogen and oxygen atoms in total. The molecule has 7 fully saturated rings. The van der Waals surface area contributed by atoms with Crippen LogP contribution in [0.25, 0.3) is 0 Å². The number of cyclic esters (lactones) is 4. The Kier molecular flexibility index (Phi) is 13.0. The average Bonchev–Trinajstić information content (AvgIpc) is 3.65. The first kappa shape index (κ1) is 42.6. The van der Waals surface area contributed by atoms with E-state index < -0.39 is 52.5 Å². The van der Waals surface area contributed by atoms with Crippen LogP contribution in [0.1, 0.15) is 157 Å². The molecule has 5 saturated carbocycles. The minimum absolute atomic E-state index is 0.0282. The number of hydrogen-bond acceptors (Lipinski definition) is 8. The van der Waals surface area contributed by atoms with Gasteiger partial charge >= 0.3 is 35.8 Å². The van der Waals surface area contributed by atoms with E-state index >= 15 is 0 Å². The van der Waals surface area contributed by atoms with E-state index in [0.717, 1.165) is 77.0 Å². The summed E-state index contributed by atoms with van der Waals surface area (Å²) in [5.41, 5.74) is -1.67. The first-order valence-corrected chi connectivity index (χ1v) is 22.2. The molecule has 7 aliphatic rings. The van der Waals surface area contributed by atoms with Crippen LogP contribution in [0.2, 0.25) is 0 Å². The number of ether oxygens (including phenoxy) is 2. The summed E-state index contributed by atoms with van der Waals surface area (Å²) < 4.78 is 10.7. The van der Waals surface area contributed by atoms with Crippen LogP contribution in [0.15, 0.2) is 12.2 Å². The summed E-state index contributed by atoms with van der Waals surface area (Å²) in [6, 6.07) is 0. The van der Waals surface area contributed by atoms with E-state index in [0.29, 0.717) is 32.1 Å². The second-order valence-corrected chi connectivity index (χ2v) is 19.7. The average molecular weight is 781 g/mol. The number of rotatable bonds is 19. The van der Waals surface area contributed by atoms with Crippen molar-refractivity contribution in [2.75, 3.05) is 0 Å². The molecule has 10 heteroatoms. The van der Waals surface area contributed by atoms with Crippen molar-refractivity contribution in [1.82, 2.24) is 0 Å². The summed E-state index contributed by atoms with van der Waals surface area (Å²) in [6.45, 7) is 10.9. The number of aliphatic carboxylic acids is 2. The van der Waals surface area contributed by atoms with E-state index in [1.54, 1.807) is 0 Å². The second kappa shape index (κ2) is 17.1. The molecule has 2 saturated heterocycles. The number of carboxylic acids is 2. The molecule has 2 heterocycles. The number of carbonyl (C=O) groups excluding carboxylic acids is 4. The van der Waals surface area contributed by atoms with Gasteiger partial charge in [0.05, 0.1) is 29.6 Å². The highest BCUT2D eigenvalue weighted by Crippen LogP contribution is 2.79. The maximum Gasteiger partial charge on any atom is 0.318 e. The normalized spacial score (nSPS) is 38.6. The Morgan fingerprint density at radius 3 is 2.21 bits per heavy atom. The van der Waals surface area contributed by atoms with Crippen molar-refractivity contribution in [1.29, 1.82) is 0 Å². The molecular formula is C46H68O10. The molecule has 5 aliphatic carbocycles. The predicted octanol–water partition coefficient (Wildman–Crippen LogP) is 9.18. The van der Waals surface area contributed by atoms with Gasteiger partial charge in [0.25, 0.3) is 0 Å². The van der Waals surface area contributed by atoms with Crippen molar-refractivity contribution in [3.8, 4) is 0 Å². The molecule has 0 aromatic carbocycles. The van der Waals surface area contributed by atoms with Crippen LogP contribution in [0, 0.1) is 81.3 Å². The zero-order chi connectivity index (χ0) is 40.6. The Bertz CT molecular complexity index is 1550. The molecular weight excluding hydrogens is 712 g/mol. The number of unbranched alkanes of at least 4 members (excludes halogenated alkanes) is 6. The highest BCUT2D eigenvalue weighted by Gasteiger charge is 2.78. The SMILES string of the molecule is CCC/C=C/C(CCC(CCCCCCCCC(=O)O)C1C(C(C)C)C2CC3C4(C)CCCC(C)(C(=O)O)C4CCC13[C@@H]1C(=O)OC(=O)C21)C1CC(=O)OC1=O. The molecule has 1 spiro atoms. The quantitative estimate of drug-likeness (QED) is 0.0560. The summed E-state index contributed by atoms with van der Waals surface area (Å²) in [7, 11) is 0. The van der Waals surface area contributed by atoms with E-state index in [9.17, 15) is 33.9 Å². The molecule has 0 aromatic heterocycles. The number of hydrogen-bond donors (Lipinski definition) is 2. The van der Waals surface area contributed by atoms with Gasteiger partial charge in [-0.05, 0) is 123 Å². The molecule has 0 amide bonds. The van der Waals surface area contributed by atoms with E-state index in [-0.39, 0.29) is 77.5 Å². The van der Waals surface area contributed by atoms with Crippen molar-refractivity contribution in [3.05, 3.63) is 12.2 Å². The van der Waals surface area contributed by atoms with Crippen molar-refractivity contribution < 1.29 is 48.5 Å². The standard InChI is InChI=1S/C46H68O10/c1-6-7-12-16-28(30-26-35(49)55-40(30)50)19-20-29(17-13-10-8-9-11-14-18-34(47)48)38-36(27(2)3)31-25-33-44(4)22-15-23-45(5,43(53)54)32(44)21-24-46(33,38)39-37(31)41(51)56-42(39)52/h12,16,27-33,36-39H,6-11,13-15,17-26H2,1-5H3,(H,47,48)(H,53,54)/b16-12+/t28?,29?,30?,31?,32?,33?,36?,37?,38?,39-,44?,45?,46?/m0/s1. The molecule has 2 aliphatic heterocycles. The van der Waals surface area contributed by atoms with E-state index in [1.807, 2.05) is 6.92 Å². The van der Waals surface area contributed by atoms with E-state index in [1.165, 1.54) is 0 Å². The summed E-state index contributed by atoms with van der Waals surface area (Å²) in [5.74, 6) is -4.13. The third-order valence-electron chi connectivity index (χ3n) is 16.6. The van der Waals surface area contributed by atoms with Crippen LogP contribution < -0.4 is 0 Å². The Labute approximate surface area is 333 Å². The van der Waals surface area contributed by atoms with Crippen LogP contribution in [-0.4, -0.2) is 46.0 Å². The van der Waals surface area contributed by atoms with Crippen LogP contribution in [0.5, 0.6) is 0 Å². The maximum absolute atomic E-state index is 14.2. The van der Waals surface area contributed by atoms with Crippen molar-refractivity contribution in [3.63, 3.8) is 0 Å². The lowest BCUT2D eigenvalue weighted by Gasteiger charge is -2.74. The molecule has 2 bridgehead atoms. The van der Waals surface area contributed by atoms with Gasteiger partial charge < -0.3 is 19.7 Å². The van der Waals surface area contributed by atoms with Gasteiger partial charge in [-0.25, -0.2) is 0 Å². The fourth-order valence-electron chi connectivity index (χ4n) is 14.5. The molecule has 2 N–H and O–H groups in total. The lowest BCUT2D eigenvalue weighted by atomic mass is 9.28. The Morgan fingerprint density at radius 1 is 0.857 bits per heavy atom.